The van der Waals surface area contributed by atoms with Crippen LogP contribution in [-0.4, -0.2) is 6.29 Å². The molecule has 0 aliphatic heterocycles. The minimum absolute atomic E-state index is 0.975. The molecule has 51 valence electrons. The van der Waals surface area contributed by atoms with Gasteiger partial charge in [0.2, 0.25) is 6.29 Å². The lowest BCUT2D eigenvalue weighted by Gasteiger charge is -1.96. The van der Waals surface area contributed by atoms with E-state index in [1.54, 1.807) is 12.4 Å². The zero-order chi connectivity index (χ0) is 7.11. The van der Waals surface area contributed by atoms with Gasteiger partial charge in [-0.25, -0.2) is 0 Å². The van der Waals surface area contributed by atoms with Gasteiger partial charge in [0.15, 0.2) is 0 Å². The van der Waals surface area contributed by atoms with E-state index < -0.39 is 0 Å². The molecule has 0 aromatic rings. The highest BCUT2D eigenvalue weighted by atomic mass is 16.1. The topological polar surface area (TPSA) is 17.1 Å². The van der Waals surface area contributed by atoms with Gasteiger partial charge in [-0.05, 0) is 18.9 Å². The van der Waals surface area contributed by atoms with Gasteiger partial charge < -0.3 is 0 Å². The first-order chi connectivity index (χ1) is 4.35. The summed E-state index contributed by atoms with van der Waals surface area (Å²) in [4.78, 5) is 9.85. The van der Waals surface area contributed by atoms with E-state index in [0.29, 0.717) is 0 Å². The minimum Gasteiger partial charge on any atom is -0.286 e. The van der Waals surface area contributed by atoms with Crippen LogP contribution < -0.4 is 0 Å². The lowest BCUT2D eigenvalue weighted by Crippen LogP contribution is -1.80. The van der Waals surface area contributed by atoms with Crippen molar-refractivity contribution in [2.75, 3.05) is 0 Å². The molecule has 9 heavy (non-hydrogen) atoms. The standard InChI is InChI=1S/C8H13O/c1-3-5-8(4-2)6-7-9/h6H,3-5H2,1-2H3/b8-6+. The van der Waals surface area contributed by atoms with Crippen LogP contribution in [-0.2, 0) is 4.79 Å². The average Bonchev–Trinajstić information content (AvgIpc) is 1.88. The minimum atomic E-state index is 0.975. The summed E-state index contributed by atoms with van der Waals surface area (Å²) in [7, 11) is 0. The predicted molar refractivity (Wildman–Crippen MR) is 39.0 cm³/mol. The van der Waals surface area contributed by atoms with Gasteiger partial charge in [0.1, 0.15) is 0 Å². The van der Waals surface area contributed by atoms with Crippen molar-refractivity contribution in [3.8, 4) is 0 Å². The molecule has 0 N–H and O–H groups in total. The molecule has 0 aromatic heterocycles. The lowest BCUT2D eigenvalue weighted by molar-refractivity contribution is 0.563. The number of hydrogen-bond acceptors (Lipinski definition) is 1. The fraction of sp³-hybridized carbons (Fsp3) is 0.625. The van der Waals surface area contributed by atoms with Crippen molar-refractivity contribution in [1.29, 1.82) is 0 Å². The van der Waals surface area contributed by atoms with E-state index in [1.165, 1.54) is 5.57 Å². The number of carbonyl (C=O) groups excluding carboxylic acids is 1. The molecule has 0 amide bonds. The second-order valence-electron chi connectivity index (χ2n) is 2.02. The van der Waals surface area contributed by atoms with Gasteiger partial charge >= 0.3 is 0 Å². The summed E-state index contributed by atoms with van der Waals surface area (Å²) >= 11 is 0. The molecule has 0 saturated carbocycles. The van der Waals surface area contributed by atoms with E-state index in [2.05, 4.69) is 13.8 Å². The molecule has 0 bridgehead atoms. The Labute approximate surface area is 56.8 Å². The van der Waals surface area contributed by atoms with E-state index in [4.69, 9.17) is 0 Å². The Morgan fingerprint density at radius 1 is 1.56 bits per heavy atom. The predicted octanol–water partition coefficient (Wildman–Crippen LogP) is 2.23. The second-order valence-corrected chi connectivity index (χ2v) is 2.02. The summed E-state index contributed by atoms with van der Waals surface area (Å²) < 4.78 is 0. The largest absolute Gasteiger partial charge is 0.286 e. The van der Waals surface area contributed by atoms with Crippen LogP contribution in [0.25, 0.3) is 0 Å². The fourth-order valence-corrected chi connectivity index (χ4v) is 0.755. The van der Waals surface area contributed by atoms with Gasteiger partial charge in [0, 0.05) is 0 Å². The van der Waals surface area contributed by atoms with Crippen LogP contribution >= 0.6 is 0 Å². The summed E-state index contributed by atoms with van der Waals surface area (Å²) in [6.07, 6.45) is 6.46. The monoisotopic (exact) mass is 125 g/mol. The highest BCUT2D eigenvalue weighted by molar-refractivity contribution is 5.66. The third-order valence-corrected chi connectivity index (χ3v) is 1.29. The third-order valence-electron chi connectivity index (χ3n) is 1.29. The van der Waals surface area contributed by atoms with Gasteiger partial charge in [-0.1, -0.05) is 25.8 Å². The maximum absolute atomic E-state index is 9.85. The molecule has 1 nitrogen and oxygen atoms in total. The fourth-order valence-electron chi connectivity index (χ4n) is 0.755. The second kappa shape index (κ2) is 5.54. The van der Waals surface area contributed by atoms with Crippen molar-refractivity contribution in [2.45, 2.75) is 33.1 Å². The number of rotatable bonds is 4. The van der Waals surface area contributed by atoms with Gasteiger partial charge in [0.05, 0.1) is 0 Å². The summed E-state index contributed by atoms with van der Waals surface area (Å²) in [5.74, 6) is 0. The molecule has 1 radical (unpaired) electrons. The lowest BCUT2D eigenvalue weighted by atomic mass is 10.1. The van der Waals surface area contributed by atoms with Gasteiger partial charge in [-0.15, -0.1) is 0 Å². The summed E-state index contributed by atoms with van der Waals surface area (Å²) in [6.45, 7) is 4.16. The Morgan fingerprint density at radius 3 is 2.56 bits per heavy atom. The van der Waals surface area contributed by atoms with Crippen molar-refractivity contribution in [3.05, 3.63) is 11.6 Å². The Bertz CT molecular complexity index is 103. The molecule has 0 spiro atoms. The Morgan fingerprint density at radius 2 is 2.22 bits per heavy atom. The van der Waals surface area contributed by atoms with Crippen LogP contribution in [0.15, 0.2) is 11.6 Å². The van der Waals surface area contributed by atoms with E-state index in [0.717, 1.165) is 19.3 Å². The average molecular weight is 125 g/mol. The molecule has 0 aliphatic carbocycles. The first-order valence-electron chi connectivity index (χ1n) is 3.40. The SMILES string of the molecule is CCC/C(=C/[C]=O)CC. The van der Waals surface area contributed by atoms with E-state index in [1.807, 2.05) is 0 Å². The maximum atomic E-state index is 9.85. The van der Waals surface area contributed by atoms with Gasteiger partial charge in [0.25, 0.3) is 0 Å². The molecular formula is C8H13O. The van der Waals surface area contributed by atoms with Crippen molar-refractivity contribution in [3.63, 3.8) is 0 Å². The van der Waals surface area contributed by atoms with Crippen molar-refractivity contribution in [1.82, 2.24) is 0 Å². The van der Waals surface area contributed by atoms with Gasteiger partial charge in [-0.3, -0.25) is 4.79 Å². The first-order valence-corrected chi connectivity index (χ1v) is 3.40. The molecule has 0 rings (SSSR count). The van der Waals surface area contributed by atoms with Crippen molar-refractivity contribution in [2.24, 2.45) is 0 Å². The van der Waals surface area contributed by atoms with Crippen molar-refractivity contribution < 1.29 is 4.79 Å². The molecule has 0 aromatic carbocycles. The first kappa shape index (κ1) is 8.41. The normalized spacial score (nSPS) is 11.6. The van der Waals surface area contributed by atoms with E-state index in [9.17, 15) is 4.79 Å². The van der Waals surface area contributed by atoms with Crippen LogP contribution in [0.1, 0.15) is 33.1 Å². The molecule has 0 fully saturated rings. The Balaban J connectivity index is 3.66. The smallest absolute Gasteiger partial charge is 0.225 e. The molecule has 0 aliphatic rings. The Hall–Kier alpha value is -0.590. The molecule has 1 heteroatoms. The highest BCUT2D eigenvalue weighted by Crippen LogP contribution is 2.06. The molecule has 0 atom stereocenters. The number of hydrogen-bond donors (Lipinski definition) is 0. The van der Waals surface area contributed by atoms with E-state index >= 15 is 0 Å². The highest BCUT2D eigenvalue weighted by Gasteiger charge is 1.89. The quantitative estimate of drug-likeness (QED) is 0.526. The summed E-state index contributed by atoms with van der Waals surface area (Å²) in [5.41, 5.74) is 1.20. The third kappa shape index (κ3) is 3.95. The summed E-state index contributed by atoms with van der Waals surface area (Å²) in [5, 5.41) is 0. The van der Waals surface area contributed by atoms with Crippen LogP contribution in [0, 0.1) is 0 Å². The molecular weight excluding hydrogens is 112 g/mol. The maximum Gasteiger partial charge on any atom is 0.225 e. The van der Waals surface area contributed by atoms with Crippen molar-refractivity contribution >= 4 is 6.29 Å². The van der Waals surface area contributed by atoms with Crippen LogP contribution in [0.3, 0.4) is 0 Å². The van der Waals surface area contributed by atoms with Crippen LogP contribution in [0.5, 0.6) is 0 Å². The van der Waals surface area contributed by atoms with E-state index in [-0.39, 0.29) is 0 Å². The Kier molecular flexibility index (Phi) is 5.18. The molecule has 0 saturated heterocycles. The number of allylic oxidation sites excluding steroid dienone is 2. The van der Waals surface area contributed by atoms with Gasteiger partial charge in [-0.2, -0.15) is 0 Å². The summed E-state index contributed by atoms with van der Waals surface area (Å²) in [6, 6.07) is 0. The molecule has 0 unspecified atom stereocenters. The van der Waals surface area contributed by atoms with Crippen LogP contribution in [0.2, 0.25) is 0 Å². The molecule has 0 heterocycles. The van der Waals surface area contributed by atoms with Crippen LogP contribution in [0.4, 0.5) is 0 Å². The zero-order valence-electron chi connectivity index (χ0n) is 6.11. The zero-order valence-corrected chi connectivity index (χ0v) is 6.11.